The highest BCUT2D eigenvalue weighted by atomic mass is 16.5. The number of amides is 3. The first-order valence-corrected chi connectivity index (χ1v) is 6.19. The number of carboxylic acids is 1. The molecule has 0 aliphatic heterocycles. The van der Waals surface area contributed by atoms with Crippen molar-refractivity contribution in [3.8, 4) is 0 Å². The van der Waals surface area contributed by atoms with E-state index >= 15 is 0 Å². The monoisotopic (exact) mass is 283 g/mol. The van der Waals surface area contributed by atoms with Crippen molar-refractivity contribution in [1.82, 2.24) is 15.8 Å². The number of carbonyl (C=O) groups excluding carboxylic acids is 2. The van der Waals surface area contributed by atoms with Crippen LogP contribution in [0.2, 0.25) is 0 Å². The molecule has 1 heterocycles. The molecule has 3 N–H and O–H groups in total. The van der Waals surface area contributed by atoms with Crippen LogP contribution in [0.1, 0.15) is 37.1 Å². The highest BCUT2D eigenvalue weighted by molar-refractivity contribution is 5.94. The fourth-order valence-electron chi connectivity index (χ4n) is 1.46. The summed E-state index contributed by atoms with van der Waals surface area (Å²) >= 11 is 0. The Hall–Kier alpha value is -2.38. The fraction of sp³-hybridized carbons (Fsp3) is 0.500. The van der Waals surface area contributed by atoms with E-state index in [1.807, 2.05) is 0 Å². The molecule has 0 saturated carbocycles. The van der Waals surface area contributed by atoms with E-state index < -0.39 is 17.9 Å². The summed E-state index contributed by atoms with van der Waals surface area (Å²) in [5, 5.41) is 16.7. The number of aromatic nitrogens is 1. The summed E-state index contributed by atoms with van der Waals surface area (Å²) in [4.78, 5) is 33.0. The van der Waals surface area contributed by atoms with Gasteiger partial charge in [0.1, 0.15) is 0 Å². The van der Waals surface area contributed by atoms with E-state index in [0.29, 0.717) is 24.3 Å². The van der Waals surface area contributed by atoms with Crippen LogP contribution in [0.4, 0.5) is 4.79 Å². The van der Waals surface area contributed by atoms with Crippen molar-refractivity contribution in [2.24, 2.45) is 0 Å². The van der Waals surface area contributed by atoms with Gasteiger partial charge in [-0.05, 0) is 19.8 Å². The van der Waals surface area contributed by atoms with Gasteiger partial charge in [0.15, 0.2) is 5.76 Å². The number of rotatable bonds is 7. The van der Waals surface area contributed by atoms with E-state index in [4.69, 9.17) is 9.63 Å². The van der Waals surface area contributed by atoms with E-state index in [1.54, 1.807) is 13.0 Å². The summed E-state index contributed by atoms with van der Waals surface area (Å²) in [6.07, 6.45) is 0.959. The third kappa shape index (κ3) is 6.53. The van der Waals surface area contributed by atoms with Gasteiger partial charge >= 0.3 is 12.0 Å². The van der Waals surface area contributed by atoms with Gasteiger partial charge in [-0.3, -0.25) is 14.9 Å². The topological polar surface area (TPSA) is 122 Å². The van der Waals surface area contributed by atoms with Crippen LogP contribution in [-0.2, 0) is 16.1 Å². The van der Waals surface area contributed by atoms with E-state index in [2.05, 4.69) is 15.8 Å². The summed E-state index contributed by atoms with van der Waals surface area (Å²) in [6, 6.07) is 1.05. The molecule has 0 unspecified atom stereocenters. The molecule has 20 heavy (non-hydrogen) atoms. The van der Waals surface area contributed by atoms with Gasteiger partial charge in [-0.25, -0.2) is 4.79 Å². The summed E-state index contributed by atoms with van der Waals surface area (Å²) in [7, 11) is 0. The standard InChI is InChI=1S/C12H17N3O5/c1-8-6-9(20-15-8)7-13-12(19)14-10(16)4-2-3-5-11(17)18/h6H,2-5,7H2,1H3,(H,17,18)(H2,13,14,16,19). The number of unbranched alkanes of at least 4 members (excludes halogenated alkanes) is 1. The first-order chi connectivity index (χ1) is 9.47. The normalized spacial score (nSPS) is 10.1. The Morgan fingerprint density at radius 2 is 2.00 bits per heavy atom. The lowest BCUT2D eigenvalue weighted by Crippen LogP contribution is -2.38. The van der Waals surface area contributed by atoms with E-state index in [1.165, 1.54) is 0 Å². The number of aliphatic carboxylic acids is 1. The van der Waals surface area contributed by atoms with Crippen LogP contribution in [0, 0.1) is 6.92 Å². The highest BCUT2D eigenvalue weighted by Gasteiger charge is 2.09. The fourth-order valence-corrected chi connectivity index (χ4v) is 1.46. The smallest absolute Gasteiger partial charge is 0.321 e. The van der Waals surface area contributed by atoms with Crippen molar-refractivity contribution in [3.63, 3.8) is 0 Å². The molecular formula is C12H17N3O5. The average Bonchev–Trinajstić information content (AvgIpc) is 2.78. The minimum absolute atomic E-state index is 0.0182. The number of nitrogens with one attached hydrogen (secondary N) is 2. The molecule has 0 spiro atoms. The Bertz CT molecular complexity index is 483. The molecule has 0 bridgehead atoms. The van der Waals surface area contributed by atoms with Crippen LogP contribution in [0.15, 0.2) is 10.6 Å². The molecule has 0 radical (unpaired) electrons. The second kappa shape index (κ2) is 7.93. The number of urea groups is 1. The minimum atomic E-state index is -0.898. The molecule has 0 aromatic carbocycles. The Kier molecular flexibility index (Phi) is 6.21. The van der Waals surface area contributed by atoms with E-state index in [9.17, 15) is 14.4 Å². The maximum absolute atomic E-state index is 11.4. The molecule has 0 saturated heterocycles. The molecule has 3 amide bonds. The first kappa shape index (κ1) is 15.7. The lowest BCUT2D eigenvalue weighted by atomic mass is 10.2. The second-order valence-corrected chi connectivity index (χ2v) is 4.27. The molecule has 110 valence electrons. The van der Waals surface area contributed by atoms with E-state index in [-0.39, 0.29) is 19.4 Å². The zero-order valence-corrected chi connectivity index (χ0v) is 11.1. The van der Waals surface area contributed by atoms with Gasteiger partial charge in [0, 0.05) is 18.9 Å². The Balaban J connectivity index is 2.14. The molecule has 0 aliphatic carbocycles. The van der Waals surface area contributed by atoms with Gasteiger partial charge in [0.2, 0.25) is 5.91 Å². The molecular weight excluding hydrogens is 266 g/mol. The van der Waals surface area contributed by atoms with Gasteiger partial charge in [-0.2, -0.15) is 0 Å². The average molecular weight is 283 g/mol. The molecule has 0 fully saturated rings. The van der Waals surface area contributed by atoms with Gasteiger partial charge in [-0.15, -0.1) is 0 Å². The van der Waals surface area contributed by atoms with Crippen molar-refractivity contribution in [1.29, 1.82) is 0 Å². The summed E-state index contributed by atoms with van der Waals surface area (Å²) in [6.45, 7) is 1.90. The van der Waals surface area contributed by atoms with Gasteiger partial charge in [-0.1, -0.05) is 5.16 Å². The van der Waals surface area contributed by atoms with Crippen LogP contribution >= 0.6 is 0 Å². The van der Waals surface area contributed by atoms with Crippen molar-refractivity contribution < 1.29 is 24.0 Å². The lowest BCUT2D eigenvalue weighted by Gasteiger charge is -2.04. The van der Waals surface area contributed by atoms with Crippen LogP contribution < -0.4 is 10.6 Å². The van der Waals surface area contributed by atoms with Gasteiger partial charge in [0.05, 0.1) is 12.2 Å². The molecule has 8 nitrogen and oxygen atoms in total. The lowest BCUT2D eigenvalue weighted by molar-refractivity contribution is -0.137. The maximum atomic E-state index is 11.4. The summed E-state index contributed by atoms with van der Waals surface area (Å²) in [5.41, 5.74) is 0.705. The molecule has 1 rings (SSSR count). The largest absolute Gasteiger partial charge is 0.481 e. The molecule has 1 aromatic heterocycles. The van der Waals surface area contributed by atoms with Crippen molar-refractivity contribution >= 4 is 17.9 Å². The number of nitrogens with zero attached hydrogens (tertiary/aromatic N) is 1. The predicted molar refractivity (Wildman–Crippen MR) is 67.7 cm³/mol. The van der Waals surface area contributed by atoms with Crippen molar-refractivity contribution in [3.05, 3.63) is 17.5 Å². The van der Waals surface area contributed by atoms with Crippen LogP contribution in [0.5, 0.6) is 0 Å². The molecule has 1 aromatic rings. The number of aryl methyl sites for hydroxylation is 1. The van der Waals surface area contributed by atoms with Crippen LogP contribution in [0.25, 0.3) is 0 Å². The maximum Gasteiger partial charge on any atom is 0.321 e. The Morgan fingerprint density at radius 1 is 1.30 bits per heavy atom. The SMILES string of the molecule is Cc1cc(CNC(=O)NC(=O)CCCCC(=O)O)on1. The number of carbonyl (C=O) groups is 3. The third-order valence-corrected chi connectivity index (χ3v) is 2.40. The quantitative estimate of drug-likeness (QED) is 0.640. The number of hydrogen-bond donors (Lipinski definition) is 3. The molecule has 8 heteroatoms. The Morgan fingerprint density at radius 3 is 2.60 bits per heavy atom. The van der Waals surface area contributed by atoms with Crippen molar-refractivity contribution in [2.45, 2.75) is 39.2 Å². The molecule has 0 aliphatic rings. The number of hydrogen-bond acceptors (Lipinski definition) is 5. The summed E-state index contributed by atoms with van der Waals surface area (Å²) < 4.78 is 4.89. The zero-order valence-electron chi connectivity index (χ0n) is 11.1. The van der Waals surface area contributed by atoms with E-state index in [0.717, 1.165) is 0 Å². The van der Waals surface area contributed by atoms with Crippen LogP contribution in [-0.4, -0.2) is 28.2 Å². The number of imide groups is 1. The zero-order chi connectivity index (χ0) is 15.0. The summed E-state index contributed by atoms with van der Waals surface area (Å²) in [5.74, 6) is -0.848. The van der Waals surface area contributed by atoms with Crippen molar-refractivity contribution in [2.75, 3.05) is 0 Å². The van der Waals surface area contributed by atoms with Gasteiger partial charge < -0.3 is 14.9 Å². The second-order valence-electron chi connectivity index (χ2n) is 4.27. The number of carboxylic acid groups (broad SMARTS) is 1. The highest BCUT2D eigenvalue weighted by Crippen LogP contribution is 2.01. The predicted octanol–water partition coefficient (Wildman–Crippen LogP) is 0.954. The third-order valence-electron chi connectivity index (χ3n) is 2.40. The Labute approximate surface area is 115 Å². The minimum Gasteiger partial charge on any atom is -0.481 e. The first-order valence-electron chi connectivity index (χ1n) is 6.19. The molecule has 0 atom stereocenters. The van der Waals surface area contributed by atoms with Gasteiger partial charge in [0.25, 0.3) is 0 Å². The van der Waals surface area contributed by atoms with Crippen LogP contribution in [0.3, 0.4) is 0 Å².